The van der Waals surface area contributed by atoms with Gasteiger partial charge in [-0.25, -0.2) is 0 Å². The minimum Gasteiger partial charge on any atom is -0.456 e. The quantitative estimate of drug-likeness (QED) is 0.189. The van der Waals surface area contributed by atoms with E-state index in [1.165, 1.54) is 0 Å². The molecular weight excluding hydrogens is 599 g/mol. The van der Waals surface area contributed by atoms with Crippen molar-refractivity contribution in [2.24, 2.45) is 0 Å². The van der Waals surface area contributed by atoms with Gasteiger partial charge in [0.2, 0.25) is 0 Å². The van der Waals surface area contributed by atoms with Crippen LogP contribution in [-0.2, 0) is 0 Å². The number of benzene rings is 8. The van der Waals surface area contributed by atoms with Gasteiger partial charge in [-0.3, -0.25) is 0 Å². The Kier molecular flexibility index (Phi) is 4.79. The molecule has 0 aliphatic rings. The minimum atomic E-state index is -0.470. The normalized spacial score (nSPS) is 13.7. The summed E-state index contributed by atoms with van der Waals surface area (Å²) in [4.78, 5) is 1.80. The maximum absolute atomic E-state index is 9.37. The van der Waals surface area contributed by atoms with E-state index < -0.39 is 24.2 Å². The Morgan fingerprint density at radius 1 is 0.429 bits per heavy atom. The fourth-order valence-electron chi connectivity index (χ4n) is 6.95. The molecule has 3 heteroatoms. The second-order valence-corrected chi connectivity index (χ2v) is 12.0. The first-order valence-electron chi connectivity index (χ1n) is 19.5. The summed E-state index contributed by atoms with van der Waals surface area (Å²) in [6.45, 7) is 0. The van der Waals surface area contributed by atoms with E-state index in [9.17, 15) is 1.37 Å². The average molecular weight is 635 g/mol. The van der Waals surface area contributed by atoms with E-state index in [-0.39, 0.29) is 45.8 Å². The van der Waals surface area contributed by atoms with Crippen molar-refractivity contribution >= 4 is 71.7 Å². The molecule has 10 aromatic rings. The number of anilines is 3. The maximum Gasteiger partial charge on any atom is 0.143 e. The lowest BCUT2D eigenvalue weighted by atomic mass is 9.98. The van der Waals surface area contributed by atoms with Crippen molar-refractivity contribution in [2.75, 3.05) is 4.90 Å². The van der Waals surface area contributed by atoms with Crippen LogP contribution in [0.15, 0.2) is 185 Å². The van der Waals surface area contributed by atoms with Gasteiger partial charge in [-0.15, -0.1) is 0 Å². The zero-order chi connectivity index (χ0) is 38.4. The number of furan rings is 2. The van der Waals surface area contributed by atoms with E-state index in [1.807, 2.05) is 109 Å². The molecule has 8 aromatic carbocycles. The van der Waals surface area contributed by atoms with Crippen molar-refractivity contribution < 1.29 is 18.4 Å². The number of rotatable bonds is 5. The third-order valence-electron chi connectivity index (χ3n) is 9.22. The number of para-hydroxylation sites is 3. The first-order valence-corrected chi connectivity index (χ1v) is 16.0. The van der Waals surface area contributed by atoms with E-state index in [0.717, 1.165) is 55.0 Å². The highest BCUT2D eigenvalue weighted by Gasteiger charge is 2.20. The topological polar surface area (TPSA) is 29.5 Å². The van der Waals surface area contributed by atoms with Gasteiger partial charge in [-0.2, -0.15) is 0 Å². The Morgan fingerprint density at radius 2 is 1.06 bits per heavy atom. The molecule has 3 nitrogen and oxygen atoms in total. The summed E-state index contributed by atoms with van der Waals surface area (Å²) < 4.78 is 73.9. The second kappa shape index (κ2) is 11.0. The van der Waals surface area contributed by atoms with Gasteiger partial charge in [-0.1, -0.05) is 127 Å². The van der Waals surface area contributed by atoms with Crippen LogP contribution in [0.2, 0.25) is 0 Å². The molecule has 230 valence electrons. The highest BCUT2D eigenvalue weighted by molar-refractivity contribution is 6.13. The monoisotopic (exact) mass is 634 g/mol. The van der Waals surface area contributed by atoms with E-state index in [1.54, 1.807) is 4.90 Å². The minimum absolute atomic E-state index is 0.0496. The lowest BCUT2D eigenvalue weighted by Gasteiger charge is -2.26. The van der Waals surface area contributed by atoms with Crippen molar-refractivity contribution in [1.82, 2.24) is 0 Å². The Bertz CT molecular complexity index is 3220. The summed E-state index contributed by atoms with van der Waals surface area (Å²) in [5.74, 6) is 0. The fraction of sp³-hybridized carbons (Fsp3) is 0. The summed E-state index contributed by atoms with van der Waals surface area (Å²) in [5.41, 5.74) is 6.57. The summed E-state index contributed by atoms with van der Waals surface area (Å²) in [6, 6.07) is 41.3. The summed E-state index contributed by atoms with van der Waals surface area (Å²) in [5, 5.41) is 4.46. The van der Waals surface area contributed by atoms with Crippen molar-refractivity contribution in [2.45, 2.75) is 0 Å². The highest BCUT2D eigenvalue weighted by Crippen LogP contribution is 2.44. The number of fused-ring (bicyclic) bond motifs is 7. The number of hydrogen-bond acceptors (Lipinski definition) is 3. The maximum atomic E-state index is 9.37. The summed E-state index contributed by atoms with van der Waals surface area (Å²) in [7, 11) is 0. The van der Waals surface area contributed by atoms with Crippen molar-refractivity contribution in [3.8, 4) is 22.3 Å². The van der Waals surface area contributed by atoms with Crippen LogP contribution in [0.5, 0.6) is 0 Å². The third-order valence-corrected chi connectivity index (χ3v) is 9.22. The van der Waals surface area contributed by atoms with Crippen LogP contribution in [0, 0.1) is 0 Å². The molecule has 0 aliphatic carbocycles. The van der Waals surface area contributed by atoms with Gasteiger partial charge in [-0.05, 0) is 75.9 Å². The lowest BCUT2D eigenvalue weighted by molar-refractivity contribution is 0.669. The molecule has 0 fully saturated rings. The molecule has 0 saturated heterocycles. The molecule has 0 atom stereocenters. The molecule has 49 heavy (non-hydrogen) atoms. The largest absolute Gasteiger partial charge is 0.456 e. The van der Waals surface area contributed by atoms with Crippen molar-refractivity contribution in [3.63, 3.8) is 0 Å². The van der Waals surface area contributed by atoms with Crippen molar-refractivity contribution in [3.05, 3.63) is 176 Å². The summed E-state index contributed by atoms with van der Waals surface area (Å²) >= 11 is 0. The first kappa shape index (κ1) is 21.3. The molecule has 2 heterocycles. The van der Waals surface area contributed by atoms with E-state index >= 15 is 0 Å². The van der Waals surface area contributed by atoms with E-state index in [2.05, 4.69) is 24.3 Å². The van der Waals surface area contributed by atoms with Gasteiger partial charge in [0.25, 0.3) is 0 Å². The Labute approximate surface area is 292 Å². The zero-order valence-corrected chi connectivity index (χ0v) is 26.0. The van der Waals surface area contributed by atoms with Crippen LogP contribution in [0.3, 0.4) is 0 Å². The molecule has 2 aromatic heterocycles. The molecule has 0 unspecified atom stereocenters. The molecule has 0 spiro atoms. The van der Waals surface area contributed by atoms with Gasteiger partial charge in [0, 0.05) is 33.1 Å². The van der Waals surface area contributed by atoms with Crippen molar-refractivity contribution in [1.29, 1.82) is 0 Å². The van der Waals surface area contributed by atoms with Gasteiger partial charge in [0.15, 0.2) is 0 Å². The SMILES string of the molecule is [2H]c1c([2H])c([2H])c2c(oc3c([2H])c([2H])c([2H])c(N(c4ccc(-c5cccc6ccccc56)cc4)c4ccc(-c5cccc6c5oc5ccccc56)cc4)c32)c1[2H]. The van der Waals surface area contributed by atoms with Crippen LogP contribution in [0.4, 0.5) is 17.1 Å². The molecule has 10 rings (SSSR count). The van der Waals surface area contributed by atoms with Crippen LogP contribution in [-0.4, -0.2) is 0 Å². The number of hydrogen-bond donors (Lipinski definition) is 0. The van der Waals surface area contributed by atoms with Crippen LogP contribution >= 0.6 is 0 Å². The molecule has 0 N–H and O–H groups in total. The van der Waals surface area contributed by atoms with Crippen LogP contribution in [0.25, 0.3) is 76.9 Å². The standard InChI is InChI=1S/C46H29NO2/c1-2-12-35-30(10-1)11-7-15-36(35)31-22-26-33(27-23-31)47(41-18-9-21-44-45(41)40-14-4-6-20-43(40)48-44)34-28-24-32(25-29-34)37-16-8-17-39-38-13-3-5-19-42(38)49-46(37)39/h1-29H/i4D,6D,9D,14D,18D,20D,21D. The Balaban J connectivity index is 1.21. The smallest absolute Gasteiger partial charge is 0.143 e. The molecule has 0 radical (unpaired) electrons. The second-order valence-electron chi connectivity index (χ2n) is 12.0. The molecule has 0 bridgehead atoms. The molecule has 0 saturated carbocycles. The molecule has 0 aliphatic heterocycles. The Hall–Kier alpha value is -6.58. The predicted molar refractivity (Wildman–Crippen MR) is 204 cm³/mol. The highest BCUT2D eigenvalue weighted by atomic mass is 16.3. The van der Waals surface area contributed by atoms with Crippen LogP contribution in [0.1, 0.15) is 9.60 Å². The summed E-state index contributed by atoms with van der Waals surface area (Å²) in [6.07, 6.45) is 0. The first-order chi connectivity index (χ1) is 27.2. The van der Waals surface area contributed by atoms with E-state index in [0.29, 0.717) is 11.4 Å². The van der Waals surface area contributed by atoms with Gasteiger partial charge in [0.1, 0.15) is 22.3 Å². The average Bonchev–Trinajstić information content (AvgIpc) is 3.83. The lowest BCUT2D eigenvalue weighted by Crippen LogP contribution is -2.10. The molecule has 0 amide bonds. The van der Waals surface area contributed by atoms with Gasteiger partial charge < -0.3 is 13.7 Å². The number of nitrogens with zero attached hydrogens (tertiary/aromatic N) is 1. The van der Waals surface area contributed by atoms with Crippen LogP contribution < -0.4 is 4.90 Å². The zero-order valence-electron chi connectivity index (χ0n) is 33.0. The third kappa shape index (κ3) is 4.44. The molecular formula is C46H29NO2. The van der Waals surface area contributed by atoms with E-state index in [4.69, 9.17) is 17.1 Å². The predicted octanol–water partition coefficient (Wildman–Crippen LogP) is 13.4. The van der Waals surface area contributed by atoms with Gasteiger partial charge in [0.05, 0.1) is 20.7 Å². The fourth-order valence-corrected chi connectivity index (χ4v) is 6.95. The Morgan fingerprint density at radius 3 is 1.90 bits per heavy atom. The van der Waals surface area contributed by atoms with Gasteiger partial charge >= 0.3 is 0 Å².